The average molecular weight is 317 g/mol. The van der Waals surface area contributed by atoms with Crippen LogP contribution < -0.4 is 4.90 Å². The number of benzene rings is 2. The molecule has 0 bridgehead atoms. The molecular formula is C15H12FN3O4. The first kappa shape index (κ1) is 14.9. The first-order valence-corrected chi connectivity index (χ1v) is 6.91. The number of anilines is 1. The zero-order chi connectivity index (χ0) is 16.6. The van der Waals surface area contributed by atoms with E-state index in [9.17, 15) is 24.6 Å². The van der Waals surface area contributed by atoms with Gasteiger partial charge >= 0.3 is 5.69 Å². The van der Waals surface area contributed by atoms with Crippen LogP contribution in [-0.4, -0.2) is 16.4 Å². The zero-order valence-corrected chi connectivity index (χ0v) is 11.9. The third-order valence-electron chi connectivity index (χ3n) is 3.90. The summed E-state index contributed by atoms with van der Waals surface area (Å²) in [5.41, 5.74) is 1.28. The molecule has 2 aromatic rings. The highest BCUT2D eigenvalue weighted by atomic mass is 19.1. The van der Waals surface area contributed by atoms with Crippen molar-refractivity contribution in [2.24, 2.45) is 0 Å². The summed E-state index contributed by atoms with van der Waals surface area (Å²) >= 11 is 0. The Hall–Kier alpha value is -3.03. The second-order valence-corrected chi connectivity index (χ2v) is 5.25. The molecule has 1 aliphatic heterocycles. The van der Waals surface area contributed by atoms with Crippen LogP contribution in [0.1, 0.15) is 11.1 Å². The number of fused-ring (bicyclic) bond motifs is 1. The minimum absolute atomic E-state index is 0.0284. The molecule has 0 unspecified atom stereocenters. The fourth-order valence-electron chi connectivity index (χ4n) is 2.80. The van der Waals surface area contributed by atoms with Gasteiger partial charge in [-0.2, -0.15) is 4.39 Å². The van der Waals surface area contributed by atoms with Crippen molar-refractivity contribution in [1.82, 2.24) is 0 Å². The average Bonchev–Trinajstić information content (AvgIpc) is 2.53. The highest BCUT2D eigenvalue weighted by Gasteiger charge is 2.27. The van der Waals surface area contributed by atoms with E-state index in [0.717, 1.165) is 17.2 Å². The molecule has 0 spiro atoms. The molecule has 0 aliphatic carbocycles. The molecule has 0 amide bonds. The molecule has 0 N–H and O–H groups in total. The number of nitro groups is 2. The number of hydrogen-bond acceptors (Lipinski definition) is 5. The van der Waals surface area contributed by atoms with Crippen LogP contribution in [0.4, 0.5) is 21.5 Å². The van der Waals surface area contributed by atoms with Gasteiger partial charge in [-0.25, -0.2) is 0 Å². The highest BCUT2D eigenvalue weighted by molar-refractivity contribution is 5.65. The van der Waals surface area contributed by atoms with Gasteiger partial charge in [0.05, 0.1) is 9.85 Å². The van der Waals surface area contributed by atoms with Crippen LogP contribution in [0.3, 0.4) is 0 Å². The number of rotatable bonds is 3. The summed E-state index contributed by atoms with van der Waals surface area (Å²) in [7, 11) is 0. The lowest BCUT2D eigenvalue weighted by molar-refractivity contribution is -0.386. The molecule has 8 heteroatoms. The van der Waals surface area contributed by atoms with Gasteiger partial charge in [0, 0.05) is 25.2 Å². The molecule has 0 aromatic heterocycles. The smallest absolute Gasteiger partial charge is 0.327 e. The molecule has 1 heterocycles. The van der Waals surface area contributed by atoms with Crippen molar-refractivity contribution in [2.75, 3.05) is 11.4 Å². The molecule has 0 fully saturated rings. The maximum absolute atomic E-state index is 13.8. The number of nitrogens with zero attached hydrogens (tertiary/aromatic N) is 3. The largest absolute Gasteiger partial charge is 0.361 e. The van der Waals surface area contributed by atoms with Crippen LogP contribution in [0.25, 0.3) is 0 Å². The number of nitro benzene ring substituents is 2. The van der Waals surface area contributed by atoms with Gasteiger partial charge in [0.1, 0.15) is 5.69 Å². The summed E-state index contributed by atoms with van der Waals surface area (Å²) in [5, 5.41) is 22.0. The Morgan fingerprint density at radius 2 is 1.83 bits per heavy atom. The number of non-ortho nitro benzene ring substituents is 1. The molecule has 0 atom stereocenters. The van der Waals surface area contributed by atoms with Gasteiger partial charge in [0.25, 0.3) is 5.69 Å². The van der Waals surface area contributed by atoms with E-state index < -0.39 is 21.4 Å². The number of halogens is 1. The van der Waals surface area contributed by atoms with Gasteiger partial charge in [-0.15, -0.1) is 0 Å². The van der Waals surface area contributed by atoms with Crippen molar-refractivity contribution >= 4 is 17.1 Å². The van der Waals surface area contributed by atoms with E-state index >= 15 is 0 Å². The molecule has 0 saturated heterocycles. The summed E-state index contributed by atoms with van der Waals surface area (Å²) < 4.78 is 13.8. The summed E-state index contributed by atoms with van der Waals surface area (Å²) in [6.45, 7) is 0.746. The quantitative estimate of drug-likeness (QED) is 0.640. The normalized spacial score (nSPS) is 13.5. The van der Waals surface area contributed by atoms with E-state index in [1.165, 1.54) is 24.3 Å². The zero-order valence-electron chi connectivity index (χ0n) is 11.9. The first-order valence-electron chi connectivity index (χ1n) is 6.91. The van der Waals surface area contributed by atoms with Crippen molar-refractivity contribution in [1.29, 1.82) is 0 Å². The standard InChI is InChI=1S/C15H12FN3O4/c16-13-2-1-3-14(15(13)19(22)23)17-7-6-10-4-5-12(18(20)21)8-11(10)9-17/h1-5,8H,6-7,9H2. The SMILES string of the molecule is O=[N+]([O-])c1ccc2c(c1)CN(c1cccc(F)c1[N+](=O)[O-])CC2. The van der Waals surface area contributed by atoms with Crippen LogP contribution in [0.15, 0.2) is 36.4 Å². The van der Waals surface area contributed by atoms with E-state index in [-0.39, 0.29) is 17.9 Å². The predicted molar refractivity (Wildman–Crippen MR) is 80.9 cm³/mol. The van der Waals surface area contributed by atoms with Crippen LogP contribution in [0, 0.1) is 26.0 Å². The lowest BCUT2D eigenvalue weighted by Gasteiger charge is -2.30. The molecule has 118 valence electrons. The molecule has 7 nitrogen and oxygen atoms in total. The van der Waals surface area contributed by atoms with Crippen LogP contribution in [0.5, 0.6) is 0 Å². The van der Waals surface area contributed by atoms with Gasteiger partial charge in [0.15, 0.2) is 0 Å². The van der Waals surface area contributed by atoms with Crippen LogP contribution >= 0.6 is 0 Å². The van der Waals surface area contributed by atoms with Crippen LogP contribution in [0.2, 0.25) is 0 Å². The third kappa shape index (κ3) is 2.70. The van der Waals surface area contributed by atoms with Crippen LogP contribution in [-0.2, 0) is 13.0 Å². The Balaban J connectivity index is 1.99. The fraction of sp³-hybridized carbons (Fsp3) is 0.200. The van der Waals surface area contributed by atoms with Crippen molar-refractivity contribution in [3.8, 4) is 0 Å². The Bertz CT molecular complexity index is 809. The van der Waals surface area contributed by atoms with E-state index in [0.29, 0.717) is 13.0 Å². The van der Waals surface area contributed by atoms with Gasteiger partial charge in [-0.1, -0.05) is 12.1 Å². The van der Waals surface area contributed by atoms with Crippen molar-refractivity contribution in [3.63, 3.8) is 0 Å². The first-order chi connectivity index (χ1) is 11.0. The minimum Gasteiger partial charge on any atom is -0.361 e. The van der Waals surface area contributed by atoms with E-state index in [4.69, 9.17) is 0 Å². The van der Waals surface area contributed by atoms with E-state index in [1.807, 2.05) is 0 Å². The highest BCUT2D eigenvalue weighted by Crippen LogP contribution is 2.34. The summed E-state index contributed by atoms with van der Waals surface area (Å²) in [6.07, 6.45) is 0.584. The molecule has 0 radical (unpaired) electrons. The maximum Gasteiger partial charge on any atom is 0.327 e. The van der Waals surface area contributed by atoms with E-state index in [2.05, 4.69) is 0 Å². The van der Waals surface area contributed by atoms with Gasteiger partial charge < -0.3 is 4.90 Å². The van der Waals surface area contributed by atoms with E-state index in [1.54, 1.807) is 11.0 Å². The third-order valence-corrected chi connectivity index (χ3v) is 3.90. The molecular weight excluding hydrogens is 305 g/mol. The maximum atomic E-state index is 13.8. The van der Waals surface area contributed by atoms with Crippen molar-refractivity contribution in [2.45, 2.75) is 13.0 Å². The van der Waals surface area contributed by atoms with Gasteiger partial charge in [0.2, 0.25) is 5.82 Å². The lowest BCUT2D eigenvalue weighted by atomic mass is 9.98. The summed E-state index contributed by atoms with van der Waals surface area (Å²) in [4.78, 5) is 22.5. The molecule has 23 heavy (non-hydrogen) atoms. The van der Waals surface area contributed by atoms with Crippen molar-refractivity contribution in [3.05, 3.63) is 73.6 Å². The second-order valence-electron chi connectivity index (χ2n) is 5.25. The summed E-state index contributed by atoms with van der Waals surface area (Å²) in [6, 6.07) is 8.56. The molecule has 2 aromatic carbocycles. The molecule has 3 rings (SSSR count). The Morgan fingerprint density at radius 1 is 1.04 bits per heavy atom. The number of para-hydroxylation sites is 1. The lowest BCUT2D eigenvalue weighted by Crippen LogP contribution is -2.31. The Labute approximate surface area is 130 Å². The number of hydrogen-bond donors (Lipinski definition) is 0. The van der Waals surface area contributed by atoms with Gasteiger partial charge in [-0.3, -0.25) is 20.2 Å². The Morgan fingerprint density at radius 3 is 2.52 bits per heavy atom. The molecule has 1 aliphatic rings. The Kier molecular flexibility index (Phi) is 3.65. The topological polar surface area (TPSA) is 89.5 Å². The predicted octanol–water partition coefficient (Wildman–Crippen LogP) is 3.20. The van der Waals surface area contributed by atoms with Crippen molar-refractivity contribution < 1.29 is 14.2 Å². The summed E-state index contributed by atoms with van der Waals surface area (Å²) in [5.74, 6) is -0.891. The fourth-order valence-corrected chi connectivity index (χ4v) is 2.80. The van der Waals surface area contributed by atoms with Gasteiger partial charge in [-0.05, 0) is 29.7 Å². The minimum atomic E-state index is -0.891. The monoisotopic (exact) mass is 317 g/mol. The molecule has 0 saturated carbocycles. The second kappa shape index (κ2) is 5.64.